The molecular formula is C19H17N5O6S. The van der Waals surface area contributed by atoms with E-state index in [-0.39, 0.29) is 34.8 Å². The average Bonchev–Trinajstić information content (AvgIpc) is 2.74. The second kappa shape index (κ2) is 9.31. The van der Waals surface area contributed by atoms with E-state index in [1.165, 1.54) is 36.0 Å². The van der Waals surface area contributed by atoms with Gasteiger partial charge >= 0.3 is 5.97 Å². The number of carbonyl (C=O) groups is 4. The van der Waals surface area contributed by atoms with Gasteiger partial charge in [-0.3, -0.25) is 19.3 Å². The fraction of sp³-hybridized carbons (Fsp3) is 0.263. The van der Waals surface area contributed by atoms with Gasteiger partial charge in [0.15, 0.2) is 12.3 Å². The molecule has 1 aromatic heterocycles. The fourth-order valence-corrected chi connectivity index (χ4v) is 4.31. The zero-order valence-corrected chi connectivity index (χ0v) is 17.0. The smallest absolute Gasteiger partial charge is 0.352 e. The molecule has 3 rings (SSSR count). The van der Waals surface area contributed by atoms with Gasteiger partial charge in [-0.2, -0.15) is 0 Å². The number of hydrogen-bond acceptors (Lipinski definition) is 8. The first kappa shape index (κ1) is 21.8. The van der Waals surface area contributed by atoms with Crippen LogP contribution in [0.5, 0.6) is 0 Å². The van der Waals surface area contributed by atoms with Crippen molar-refractivity contribution in [1.29, 1.82) is 0 Å². The monoisotopic (exact) mass is 443 g/mol. The number of anilines is 1. The number of pyridine rings is 1. The van der Waals surface area contributed by atoms with Gasteiger partial charge in [-0.15, -0.1) is 18.2 Å². The number of rotatable bonds is 8. The molecule has 0 bridgehead atoms. The van der Waals surface area contributed by atoms with Crippen LogP contribution in [0, 0.1) is 12.3 Å². The largest absolute Gasteiger partial charge is 0.477 e. The lowest BCUT2D eigenvalue weighted by molar-refractivity contribution is -0.150. The lowest BCUT2D eigenvalue weighted by Gasteiger charge is -2.49. The highest BCUT2D eigenvalue weighted by Crippen LogP contribution is 2.40. The second-order valence-electron chi connectivity index (χ2n) is 6.34. The quantitative estimate of drug-likeness (QED) is 0.124. The molecular weight excluding hydrogens is 426 g/mol. The third kappa shape index (κ3) is 4.51. The van der Waals surface area contributed by atoms with Gasteiger partial charge in [0.25, 0.3) is 11.8 Å². The molecule has 12 heteroatoms. The van der Waals surface area contributed by atoms with Crippen molar-refractivity contribution in [3.8, 4) is 12.3 Å². The minimum absolute atomic E-state index is 0.0702. The molecule has 3 heterocycles. The Labute approximate surface area is 180 Å². The molecule has 0 saturated carbocycles. The molecule has 0 spiro atoms. The first-order valence-corrected chi connectivity index (χ1v) is 9.87. The Hall–Kier alpha value is -3.85. The number of fused-ring (bicyclic) bond motifs is 1. The molecule has 160 valence electrons. The van der Waals surface area contributed by atoms with Crippen molar-refractivity contribution in [3.63, 3.8) is 0 Å². The zero-order valence-electron chi connectivity index (χ0n) is 16.1. The van der Waals surface area contributed by atoms with E-state index in [1.54, 1.807) is 6.92 Å². The van der Waals surface area contributed by atoms with Crippen LogP contribution in [0.4, 0.5) is 5.82 Å². The Morgan fingerprint density at radius 3 is 2.94 bits per heavy atom. The van der Waals surface area contributed by atoms with Gasteiger partial charge < -0.3 is 20.6 Å². The van der Waals surface area contributed by atoms with Crippen LogP contribution in [0.25, 0.3) is 0 Å². The van der Waals surface area contributed by atoms with Crippen LogP contribution < -0.4 is 10.6 Å². The summed E-state index contributed by atoms with van der Waals surface area (Å²) in [7, 11) is 0. The summed E-state index contributed by atoms with van der Waals surface area (Å²) < 4.78 is 0. The van der Waals surface area contributed by atoms with Crippen molar-refractivity contribution in [1.82, 2.24) is 15.2 Å². The Morgan fingerprint density at radius 2 is 2.26 bits per heavy atom. The van der Waals surface area contributed by atoms with Crippen molar-refractivity contribution < 1.29 is 29.1 Å². The molecule has 31 heavy (non-hydrogen) atoms. The molecule has 2 aliphatic heterocycles. The summed E-state index contributed by atoms with van der Waals surface area (Å²) in [6.07, 6.45) is 7.04. The van der Waals surface area contributed by atoms with E-state index in [0.29, 0.717) is 6.41 Å². The van der Waals surface area contributed by atoms with Gasteiger partial charge in [-0.25, -0.2) is 9.78 Å². The average molecular weight is 443 g/mol. The van der Waals surface area contributed by atoms with Gasteiger partial charge in [0.2, 0.25) is 6.41 Å². The molecule has 3 amide bonds. The number of carboxylic acids is 1. The van der Waals surface area contributed by atoms with E-state index >= 15 is 0 Å². The standard InChI is InChI=1S/C19H17N5O6S/c1-3-7-30-23-14(11-5-4-6-13(21-11)20-9-25)16(26)22-15-17(27)24-12(19(28)29)8-10(2)31-18(15)24/h1,4-6,8-10,15,18H,7H2,2H3,(H,22,26)(H,28,29)(H,20,21,25)/t10?,15?,18-/m0/s1. The lowest BCUT2D eigenvalue weighted by atomic mass is 10.0. The number of carbonyl (C=O) groups excluding carboxylic acids is 3. The maximum Gasteiger partial charge on any atom is 0.352 e. The number of aliphatic carboxylic acids is 1. The van der Waals surface area contributed by atoms with E-state index in [2.05, 4.69) is 26.7 Å². The maximum absolute atomic E-state index is 12.9. The summed E-state index contributed by atoms with van der Waals surface area (Å²) >= 11 is 1.34. The molecule has 0 aromatic carbocycles. The SMILES string of the molecule is C#CCON=C(C(=O)NC1C(=O)N2C(C(=O)O)=CC(C)S[C@@H]12)c1cccc(NC=O)n1. The zero-order chi connectivity index (χ0) is 22.5. The number of oxime groups is 1. The summed E-state index contributed by atoms with van der Waals surface area (Å²) in [6.45, 7) is 1.59. The summed E-state index contributed by atoms with van der Waals surface area (Å²) in [5.41, 5.74) is -0.313. The van der Waals surface area contributed by atoms with Crippen molar-refractivity contribution in [3.05, 3.63) is 35.7 Å². The van der Waals surface area contributed by atoms with Crippen molar-refractivity contribution >= 4 is 47.5 Å². The lowest BCUT2D eigenvalue weighted by Crippen LogP contribution is -2.71. The van der Waals surface area contributed by atoms with E-state index in [9.17, 15) is 24.3 Å². The first-order chi connectivity index (χ1) is 14.9. The van der Waals surface area contributed by atoms with Crippen molar-refractivity contribution in [2.75, 3.05) is 11.9 Å². The van der Waals surface area contributed by atoms with Crippen molar-refractivity contribution in [2.24, 2.45) is 5.16 Å². The summed E-state index contributed by atoms with van der Waals surface area (Å²) in [4.78, 5) is 57.7. The summed E-state index contributed by atoms with van der Waals surface area (Å²) in [5, 5.41) is 17.2. The van der Waals surface area contributed by atoms with Crippen LogP contribution in [0.15, 0.2) is 35.1 Å². The summed E-state index contributed by atoms with van der Waals surface area (Å²) in [5.74, 6) is -0.170. The second-order valence-corrected chi connectivity index (χ2v) is 7.83. The maximum atomic E-state index is 12.9. The third-order valence-electron chi connectivity index (χ3n) is 4.27. The third-order valence-corrected chi connectivity index (χ3v) is 5.60. The Balaban J connectivity index is 1.83. The minimum atomic E-state index is -1.22. The molecule has 0 radical (unpaired) electrons. The first-order valence-electron chi connectivity index (χ1n) is 8.93. The molecule has 1 fully saturated rings. The number of nitrogens with one attached hydrogen (secondary N) is 2. The van der Waals surface area contributed by atoms with Crippen LogP contribution in [0.3, 0.4) is 0 Å². The highest BCUT2D eigenvalue weighted by atomic mass is 32.2. The van der Waals surface area contributed by atoms with E-state index in [1.807, 2.05) is 0 Å². The number of β-lactam (4-membered cyclic amide) rings is 1. The highest BCUT2D eigenvalue weighted by molar-refractivity contribution is 8.00. The Kier molecular flexibility index (Phi) is 6.56. The van der Waals surface area contributed by atoms with E-state index in [0.717, 1.165) is 4.90 Å². The van der Waals surface area contributed by atoms with E-state index < -0.39 is 29.2 Å². The molecule has 2 aliphatic rings. The topological polar surface area (TPSA) is 150 Å². The van der Waals surface area contributed by atoms with Gasteiger partial charge in [0.1, 0.15) is 28.6 Å². The van der Waals surface area contributed by atoms with Crippen LogP contribution >= 0.6 is 11.8 Å². The van der Waals surface area contributed by atoms with Crippen LogP contribution in [-0.2, 0) is 24.0 Å². The number of terminal acetylenes is 1. The van der Waals surface area contributed by atoms with Gasteiger partial charge in [-0.1, -0.05) is 17.1 Å². The number of aromatic nitrogens is 1. The fourth-order valence-electron chi connectivity index (χ4n) is 2.98. The van der Waals surface area contributed by atoms with Crippen molar-refractivity contribution in [2.45, 2.75) is 23.6 Å². The number of thioether (sulfide) groups is 1. The van der Waals surface area contributed by atoms with Crippen LogP contribution in [0.2, 0.25) is 0 Å². The molecule has 1 aromatic rings. The normalized spacial score (nSPS) is 22.3. The number of amides is 3. The molecule has 3 atom stereocenters. The Morgan fingerprint density at radius 1 is 1.48 bits per heavy atom. The van der Waals surface area contributed by atoms with Gasteiger partial charge in [0, 0.05) is 5.25 Å². The predicted octanol–water partition coefficient (Wildman–Crippen LogP) is -0.239. The molecule has 3 N–H and O–H groups in total. The number of nitrogens with zero attached hydrogens (tertiary/aromatic N) is 3. The minimum Gasteiger partial charge on any atom is -0.477 e. The number of carboxylic acid groups (broad SMARTS) is 1. The Bertz CT molecular complexity index is 1030. The molecule has 0 aliphatic carbocycles. The highest BCUT2D eigenvalue weighted by Gasteiger charge is 2.54. The molecule has 11 nitrogen and oxygen atoms in total. The summed E-state index contributed by atoms with van der Waals surface area (Å²) in [6, 6.07) is 3.54. The molecule has 2 unspecified atom stereocenters. The van der Waals surface area contributed by atoms with Gasteiger partial charge in [-0.05, 0) is 25.1 Å². The van der Waals surface area contributed by atoms with Gasteiger partial charge in [0.05, 0.1) is 0 Å². The van der Waals surface area contributed by atoms with Crippen LogP contribution in [0.1, 0.15) is 12.6 Å². The number of hydrogen-bond donors (Lipinski definition) is 3. The predicted molar refractivity (Wildman–Crippen MR) is 111 cm³/mol. The van der Waals surface area contributed by atoms with E-state index in [4.69, 9.17) is 11.3 Å². The van der Waals surface area contributed by atoms with Crippen LogP contribution in [-0.4, -0.2) is 68.2 Å². The molecule has 1 saturated heterocycles.